The van der Waals surface area contributed by atoms with E-state index in [1.54, 1.807) is 0 Å². The van der Waals surface area contributed by atoms with Gasteiger partial charge in [-0.3, -0.25) is 4.79 Å². The second-order valence-corrected chi connectivity index (χ2v) is 7.36. The van der Waals surface area contributed by atoms with Gasteiger partial charge in [-0.05, 0) is 47.2 Å². The zero-order chi connectivity index (χ0) is 16.2. The van der Waals surface area contributed by atoms with Gasteiger partial charge >= 0.3 is 0 Å². The molecule has 2 aromatic carbocycles. The number of benzene rings is 2. The third-order valence-corrected chi connectivity index (χ3v) is 4.85. The number of nitrogens with one attached hydrogen (secondary N) is 1. The Bertz CT molecular complexity index is 810. The van der Waals surface area contributed by atoms with Gasteiger partial charge in [0.15, 0.2) is 5.13 Å². The van der Waals surface area contributed by atoms with Crippen LogP contribution in [0.2, 0.25) is 0 Å². The van der Waals surface area contributed by atoms with Crippen molar-refractivity contribution in [1.29, 1.82) is 0 Å². The summed E-state index contributed by atoms with van der Waals surface area (Å²) in [5, 5.41) is 5.47. The van der Waals surface area contributed by atoms with E-state index in [-0.39, 0.29) is 5.91 Å². The molecule has 1 amide bonds. The van der Waals surface area contributed by atoms with Gasteiger partial charge in [-0.15, -0.1) is 11.3 Å². The Balaban J connectivity index is 1.65. The summed E-state index contributed by atoms with van der Waals surface area (Å²) in [7, 11) is 0. The molecule has 0 atom stereocenters. The van der Waals surface area contributed by atoms with Crippen molar-refractivity contribution in [3.63, 3.8) is 0 Å². The van der Waals surface area contributed by atoms with Gasteiger partial charge in [-0.2, -0.15) is 0 Å². The Morgan fingerprint density at radius 3 is 2.52 bits per heavy atom. The molecule has 116 valence electrons. The van der Waals surface area contributed by atoms with Crippen molar-refractivity contribution >= 4 is 45.0 Å². The lowest BCUT2D eigenvalue weighted by Crippen LogP contribution is -2.14. The number of aromatic nitrogens is 1. The van der Waals surface area contributed by atoms with E-state index in [1.165, 1.54) is 20.5 Å². The number of thiazole rings is 1. The van der Waals surface area contributed by atoms with E-state index in [4.69, 9.17) is 0 Å². The van der Waals surface area contributed by atoms with Crippen LogP contribution in [-0.4, -0.2) is 10.9 Å². The molecule has 1 heterocycles. The van der Waals surface area contributed by atoms with Crippen molar-refractivity contribution in [3.05, 3.63) is 68.6 Å². The fourth-order valence-electron chi connectivity index (χ4n) is 2.14. The van der Waals surface area contributed by atoms with E-state index in [2.05, 4.69) is 32.9 Å². The number of anilines is 1. The molecule has 3 rings (SSSR count). The molecule has 0 spiro atoms. The summed E-state index contributed by atoms with van der Waals surface area (Å²) in [6, 6.07) is 16.2. The van der Waals surface area contributed by atoms with Gasteiger partial charge in [-0.25, -0.2) is 4.98 Å². The van der Waals surface area contributed by atoms with Crippen molar-refractivity contribution in [3.8, 4) is 11.3 Å². The highest BCUT2D eigenvalue weighted by Crippen LogP contribution is 2.25. The third-order valence-electron chi connectivity index (χ3n) is 3.38. The average Bonchev–Trinajstić information content (AvgIpc) is 2.98. The van der Waals surface area contributed by atoms with E-state index in [0.717, 1.165) is 16.8 Å². The van der Waals surface area contributed by atoms with E-state index < -0.39 is 0 Å². The van der Waals surface area contributed by atoms with Crippen molar-refractivity contribution in [1.82, 2.24) is 4.98 Å². The fourth-order valence-corrected chi connectivity index (χ4v) is 3.23. The Morgan fingerprint density at radius 2 is 1.83 bits per heavy atom. The van der Waals surface area contributed by atoms with Crippen LogP contribution >= 0.6 is 33.9 Å². The number of halogens is 1. The largest absolute Gasteiger partial charge is 0.302 e. The highest BCUT2D eigenvalue weighted by atomic mass is 127. The number of hydrogen-bond donors (Lipinski definition) is 1. The highest BCUT2D eigenvalue weighted by Gasteiger charge is 2.09. The minimum atomic E-state index is -0.0441. The van der Waals surface area contributed by atoms with Crippen LogP contribution in [0.1, 0.15) is 11.1 Å². The SMILES string of the molecule is Cc1ccc(CC(=O)Nc2nc(-c3ccc(I)cc3)cs2)cc1. The predicted molar refractivity (Wildman–Crippen MR) is 104 cm³/mol. The first-order valence-electron chi connectivity index (χ1n) is 7.17. The third kappa shape index (κ3) is 4.39. The van der Waals surface area contributed by atoms with Crippen molar-refractivity contribution in [2.45, 2.75) is 13.3 Å². The first-order chi connectivity index (χ1) is 11.1. The molecule has 0 aliphatic rings. The van der Waals surface area contributed by atoms with Crippen LogP contribution in [0.25, 0.3) is 11.3 Å². The molecule has 0 aliphatic carbocycles. The van der Waals surface area contributed by atoms with Gasteiger partial charge in [0, 0.05) is 14.5 Å². The molecule has 23 heavy (non-hydrogen) atoms. The topological polar surface area (TPSA) is 42.0 Å². The molecule has 0 radical (unpaired) electrons. The van der Waals surface area contributed by atoms with Crippen LogP contribution in [0.15, 0.2) is 53.9 Å². The van der Waals surface area contributed by atoms with Gasteiger partial charge in [0.05, 0.1) is 12.1 Å². The number of aryl methyl sites for hydroxylation is 1. The number of hydrogen-bond acceptors (Lipinski definition) is 3. The van der Waals surface area contributed by atoms with Crippen molar-refractivity contribution < 1.29 is 4.79 Å². The van der Waals surface area contributed by atoms with Crippen LogP contribution in [-0.2, 0) is 11.2 Å². The lowest BCUT2D eigenvalue weighted by molar-refractivity contribution is -0.115. The molecule has 0 fully saturated rings. The van der Waals surface area contributed by atoms with E-state index in [9.17, 15) is 4.79 Å². The Hall–Kier alpha value is -1.73. The maximum Gasteiger partial charge on any atom is 0.230 e. The molecule has 1 N–H and O–H groups in total. The summed E-state index contributed by atoms with van der Waals surface area (Å²) in [6.07, 6.45) is 0.360. The lowest BCUT2D eigenvalue weighted by atomic mass is 10.1. The Morgan fingerprint density at radius 1 is 1.13 bits per heavy atom. The van der Waals surface area contributed by atoms with Crippen LogP contribution in [0.4, 0.5) is 5.13 Å². The number of nitrogens with zero attached hydrogens (tertiary/aromatic N) is 1. The normalized spacial score (nSPS) is 10.5. The van der Waals surface area contributed by atoms with E-state index >= 15 is 0 Å². The quantitative estimate of drug-likeness (QED) is 0.594. The molecule has 5 heteroatoms. The zero-order valence-electron chi connectivity index (χ0n) is 12.5. The Kier molecular flexibility index (Phi) is 5.07. The molecular formula is C18H15IN2OS. The van der Waals surface area contributed by atoms with E-state index in [1.807, 2.05) is 60.8 Å². The van der Waals surface area contributed by atoms with Gasteiger partial charge in [0.2, 0.25) is 5.91 Å². The Labute approximate surface area is 152 Å². The lowest BCUT2D eigenvalue weighted by Gasteiger charge is -2.02. The summed E-state index contributed by atoms with van der Waals surface area (Å²) in [4.78, 5) is 16.6. The fraction of sp³-hybridized carbons (Fsp3) is 0.111. The summed E-state index contributed by atoms with van der Waals surface area (Å²) in [5.41, 5.74) is 4.14. The van der Waals surface area contributed by atoms with Gasteiger partial charge < -0.3 is 5.32 Å². The number of carbonyl (C=O) groups is 1. The van der Waals surface area contributed by atoms with E-state index in [0.29, 0.717) is 11.6 Å². The summed E-state index contributed by atoms with van der Waals surface area (Å²) in [6.45, 7) is 2.03. The van der Waals surface area contributed by atoms with Crippen molar-refractivity contribution in [2.75, 3.05) is 5.32 Å². The second-order valence-electron chi connectivity index (χ2n) is 5.26. The molecule has 0 aliphatic heterocycles. The molecular weight excluding hydrogens is 419 g/mol. The first-order valence-corrected chi connectivity index (χ1v) is 9.13. The molecule has 0 saturated heterocycles. The van der Waals surface area contributed by atoms with Crippen LogP contribution in [0.3, 0.4) is 0 Å². The zero-order valence-corrected chi connectivity index (χ0v) is 15.5. The maximum absolute atomic E-state index is 12.1. The van der Waals surface area contributed by atoms with Gasteiger partial charge in [0.25, 0.3) is 0 Å². The minimum Gasteiger partial charge on any atom is -0.302 e. The smallest absolute Gasteiger partial charge is 0.230 e. The van der Waals surface area contributed by atoms with Crippen molar-refractivity contribution in [2.24, 2.45) is 0 Å². The van der Waals surface area contributed by atoms with Gasteiger partial charge in [-0.1, -0.05) is 42.0 Å². The number of rotatable bonds is 4. The molecule has 3 aromatic rings. The standard InChI is InChI=1S/C18H15IN2OS/c1-12-2-4-13(5-3-12)10-17(22)21-18-20-16(11-23-18)14-6-8-15(19)9-7-14/h2-9,11H,10H2,1H3,(H,20,21,22). The predicted octanol–water partition coefficient (Wildman–Crippen LogP) is 4.90. The number of carbonyl (C=O) groups excluding carboxylic acids is 1. The summed E-state index contributed by atoms with van der Waals surface area (Å²) < 4.78 is 1.19. The molecule has 0 saturated carbocycles. The number of amides is 1. The van der Waals surface area contributed by atoms with Crippen LogP contribution in [0, 0.1) is 10.5 Å². The molecule has 3 nitrogen and oxygen atoms in total. The van der Waals surface area contributed by atoms with Crippen LogP contribution < -0.4 is 5.32 Å². The van der Waals surface area contributed by atoms with Crippen LogP contribution in [0.5, 0.6) is 0 Å². The molecule has 1 aromatic heterocycles. The van der Waals surface area contributed by atoms with Gasteiger partial charge in [0.1, 0.15) is 0 Å². The maximum atomic E-state index is 12.1. The molecule has 0 unspecified atom stereocenters. The summed E-state index contributed by atoms with van der Waals surface area (Å²) >= 11 is 3.72. The highest BCUT2D eigenvalue weighted by molar-refractivity contribution is 14.1. The molecule has 0 bridgehead atoms. The monoisotopic (exact) mass is 434 g/mol. The second kappa shape index (κ2) is 7.23. The first kappa shape index (κ1) is 16.1. The average molecular weight is 434 g/mol. The minimum absolute atomic E-state index is 0.0441. The summed E-state index contributed by atoms with van der Waals surface area (Å²) in [5.74, 6) is -0.0441.